The number of guanidine groups is 1. The molecule has 0 aromatic carbocycles. The van der Waals surface area contributed by atoms with Gasteiger partial charge in [0.15, 0.2) is 5.96 Å². The van der Waals surface area contributed by atoms with E-state index in [1.54, 1.807) is 0 Å². The number of carboxylic acid groups (broad SMARTS) is 1. The first-order valence-electron chi connectivity index (χ1n) is 11.1. The third kappa shape index (κ3) is 14.0. The minimum absolute atomic E-state index is 0.0283. The van der Waals surface area contributed by atoms with E-state index in [1.807, 2.05) is 13.8 Å². The Morgan fingerprint density at radius 1 is 0.848 bits per heavy atom. The second-order valence-corrected chi connectivity index (χ2v) is 8.15. The van der Waals surface area contributed by atoms with Crippen molar-refractivity contribution in [3.63, 3.8) is 0 Å². The Kier molecular flexibility index (Phi) is 15.2. The maximum absolute atomic E-state index is 12.9. The van der Waals surface area contributed by atoms with E-state index in [0.29, 0.717) is 32.2 Å². The molecule has 0 saturated heterocycles. The molecule has 190 valence electrons. The third-order valence-electron chi connectivity index (χ3n) is 4.68. The van der Waals surface area contributed by atoms with Gasteiger partial charge in [-0.05, 0) is 51.0 Å². The Hall–Kier alpha value is -2.93. The largest absolute Gasteiger partial charge is 0.480 e. The van der Waals surface area contributed by atoms with Gasteiger partial charge in [0.05, 0.1) is 6.54 Å². The van der Waals surface area contributed by atoms with Crippen LogP contribution in [0.3, 0.4) is 0 Å². The maximum Gasteiger partial charge on any atom is 0.326 e. The van der Waals surface area contributed by atoms with E-state index in [2.05, 4.69) is 20.9 Å². The number of aliphatic carboxylic acids is 1. The average Bonchev–Trinajstić information content (AvgIpc) is 2.73. The molecule has 3 unspecified atom stereocenters. The summed E-state index contributed by atoms with van der Waals surface area (Å²) in [5.41, 5.74) is 21.3. The number of amides is 3. The van der Waals surface area contributed by atoms with Crippen molar-refractivity contribution in [1.29, 1.82) is 0 Å². The summed E-state index contributed by atoms with van der Waals surface area (Å²) in [6, 6.07) is -3.04. The number of unbranched alkanes of at least 4 members (excludes halogenated alkanes) is 1. The summed E-state index contributed by atoms with van der Waals surface area (Å²) in [7, 11) is 0. The van der Waals surface area contributed by atoms with Gasteiger partial charge in [-0.3, -0.25) is 19.4 Å². The lowest BCUT2D eigenvalue weighted by atomic mass is 10.0. The Bertz CT molecular complexity index is 667. The zero-order valence-electron chi connectivity index (χ0n) is 19.5. The highest BCUT2D eigenvalue weighted by molar-refractivity contribution is 5.93. The summed E-state index contributed by atoms with van der Waals surface area (Å²) < 4.78 is 0. The van der Waals surface area contributed by atoms with Crippen LogP contribution in [0.4, 0.5) is 0 Å². The second kappa shape index (κ2) is 16.7. The fraction of sp³-hybridized carbons (Fsp3) is 0.750. The van der Waals surface area contributed by atoms with Crippen molar-refractivity contribution < 1.29 is 24.3 Å². The fourth-order valence-corrected chi connectivity index (χ4v) is 3.02. The first-order chi connectivity index (χ1) is 15.5. The first kappa shape index (κ1) is 30.1. The highest BCUT2D eigenvalue weighted by Gasteiger charge is 2.29. The van der Waals surface area contributed by atoms with Crippen LogP contribution in [0.5, 0.6) is 0 Å². The molecule has 0 aromatic rings. The van der Waals surface area contributed by atoms with E-state index in [9.17, 15) is 24.3 Å². The lowest BCUT2D eigenvalue weighted by Gasteiger charge is -2.25. The van der Waals surface area contributed by atoms with Crippen LogP contribution in [0.15, 0.2) is 4.99 Å². The van der Waals surface area contributed by atoms with Crippen LogP contribution in [0.2, 0.25) is 0 Å². The predicted molar refractivity (Wildman–Crippen MR) is 125 cm³/mol. The molecule has 0 aromatic heterocycles. The summed E-state index contributed by atoms with van der Waals surface area (Å²) in [6.45, 7) is 4.12. The lowest BCUT2D eigenvalue weighted by molar-refractivity contribution is -0.142. The molecule has 3 atom stereocenters. The number of hydrogen-bond donors (Lipinski definition) is 8. The number of nitrogens with two attached hydrogens (primary N) is 4. The molecule has 0 fully saturated rings. The van der Waals surface area contributed by atoms with Crippen molar-refractivity contribution in [2.24, 2.45) is 33.8 Å². The highest BCUT2D eigenvalue weighted by atomic mass is 16.4. The molecule has 0 aliphatic carbocycles. The Morgan fingerprint density at radius 2 is 1.42 bits per heavy atom. The summed E-state index contributed by atoms with van der Waals surface area (Å²) in [5.74, 6) is -2.96. The van der Waals surface area contributed by atoms with E-state index < -0.39 is 41.8 Å². The van der Waals surface area contributed by atoms with Crippen LogP contribution < -0.4 is 38.9 Å². The standard InChI is InChI=1S/C20H40N8O5/c1-12(2)10-15(18(31)27-14(19(32)33)7-5-9-25-20(23)24)28-17(30)13(6-3-4-8-21)26-16(29)11-22/h12-15H,3-11,21-22H2,1-2H3,(H,26,29)(H,27,31)(H,28,30)(H,32,33)(H4,23,24,25). The number of nitrogens with zero attached hydrogens (tertiary/aromatic N) is 1. The van der Waals surface area contributed by atoms with Crippen molar-refractivity contribution in [3.8, 4) is 0 Å². The number of hydrogen-bond acceptors (Lipinski definition) is 7. The zero-order chi connectivity index (χ0) is 25.4. The molecular formula is C20H40N8O5. The highest BCUT2D eigenvalue weighted by Crippen LogP contribution is 2.09. The van der Waals surface area contributed by atoms with E-state index >= 15 is 0 Å². The van der Waals surface area contributed by atoms with E-state index in [1.165, 1.54) is 0 Å². The molecule has 13 nitrogen and oxygen atoms in total. The van der Waals surface area contributed by atoms with Crippen LogP contribution >= 0.6 is 0 Å². The van der Waals surface area contributed by atoms with Gasteiger partial charge in [0.2, 0.25) is 17.7 Å². The van der Waals surface area contributed by atoms with Gasteiger partial charge in [-0.15, -0.1) is 0 Å². The molecule has 13 heteroatoms. The quantitative estimate of drug-likeness (QED) is 0.0644. The van der Waals surface area contributed by atoms with Gasteiger partial charge in [-0.1, -0.05) is 13.8 Å². The molecule has 0 aliphatic heterocycles. The van der Waals surface area contributed by atoms with Crippen molar-refractivity contribution >= 4 is 29.7 Å². The summed E-state index contributed by atoms with van der Waals surface area (Å²) in [6.07, 6.45) is 2.31. The number of aliphatic imine (C=N–C) groups is 1. The topological polar surface area (TPSA) is 241 Å². The molecule has 33 heavy (non-hydrogen) atoms. The summed E-state index contributed by atoms with van der Waals surface area (Å²) in [4.78, 5) is 52.8. The Labute approximate surface area is 194 Å². The Balaban J connectivity index is 5.28. The van der Waals surface area contributed by atoms with Crippen LogP contribution in [0.25, 0.3) is 0 Å². The molecule has 12 N–H and O–H groups in total. The van der Waals surface area contributed by atoms with E-state index in [0.717, 1.165) is 0 Å². The van der Waals surface area contributed by atoms with Gasteiger partial charge >= 0.3 is 5.97 Å². The van der Waals surface area contributed by atoms with Gasteiger partial charge in [0.25, 0.3) is 0 Å². The van der Waals surface area contributed by atoms with Crippen LogP contribution in [0, 0.1) is 5.92 Å². The van der Waals surface area contributed by atoms with Crippen LogP contribution in [0.1, 0.15) is 52.4 Å². The second-order valence-electron chi connectivity index (χ2n) is 8.15. The summed E-state index contributed by atoms with van der Waals surface area (Å²) in [5, 5.41) is 17.1. The fourth-order valence-electron chi connectivity index (χ4n) is 3.02. The van der Waals surface area contributed by atoms with Crippen LogP contribution in [-0.2, 0) is 19.2 Å². The zero-order valence-corrected chi connectivity index (χ0v) is 19.5. The van der Waals surface area contributed by atoms with E-state index in [4.69, 9.17) is 22.9 Å². The smallest absolute Gasteiger partial charge is 0.326 e. The molecule has 0 heterocycles. The van der Waals surface area contributed by atoms with Gasteiger partial charge in [0, 0.05) is 6.54 Å². The van der Waals surface area contributed by atoms with Crippen LogP contribution in [-0.4, -0.2) is 72.5 Å². The molecule has 0 rings (SSSR count). The molecule has 0 aliphatic rings. The molecule has 0 spiro atoms. The van der Waals surface area contributed by atoms with Crippen molar-refractivity contribution in [3.05, 3.63) is 0 Å². The van der Waals surface area contributed by atoms with Gasteiger partial charge < -0.3 is 44.0 Å². The molecule has 0 radical (unpaired) electrons. The van der Waals surface area contributed by atoms with E-state index in [-0.39, 0.29) is 37.8 Å². The van der Waals surface area contributed by atoms with Gasteiger partial charge in [0.1, 0.15) is 18.1 Å². The van der Waals surface area contributed by atoms with Crippen molar-refractivity contribution in [2.75, 3.05) is 19.6 Å². The maximum atomic E-state index is 12.9. The lowest BCUT2D eigenvalue weighted by Crippen LogP contribution is -2.56. The molecule has 0 bridgehead atoms. The predicted octanol–water partition coefficient (Wildman–Crippen LogP) is -2.29. The SMILES string of the molecule is CC(C)CC(NC(=O)C(CCCCN)NC(=O)CN)C(=O)NC(CCCN=C(N)N)C(=O)O. The minimum atomic E-state index is -1.21. The van der Waals surface area contributed by atoms with Crippen molar-refractivity contribution in [2.45, 2.75) is 70.5 Å². The third-order valence-corrected chi connectivity index (χ3v) is 4.68. The normalized spacial score (nSPS) is 13.5. The number of carbonyl (C=O) groups is 4. The van der Waals surface area contributed by atoms with Gasteiger partial charge in [-0.2, -0.15) is 0 Å². The number of nitrogens with one attached hydrogen (secondary N) is 3. The monoisotopic (exact) mass is 472 g/mol. The molecule has 0 saturated carbocycles. The van der Waals surface area contributed by atoms with Crippen molar-refractivity contribution in [1.82, 2.24) is 16.0 Å². The summed E-state index contributed by atoms with van der Waals surface area (Å²) >= 11 is 0. The number of carbonyl (C=O) groups excluding carboxylic acids is 3. The Morgan fingerprint density at radius 3 is 1.94 bits per heavy atom. The number of carboxylic acids is 1. The first-order valence-corrected chi connectivity index (χ1v) is 11.1. The minimum Gasteiger partial charge on any atom is -0.480 e. The van der Waals surface area contributed by atoms with Gasteiger partial charge in [-0.25, -0.2) is 4.79 Å². The number of rotatable bonds is 17. The molecular weight excluding hydrogens is 432 g/mol. The average molecular weight is 473 g/mol. The molecule has 3 amide bonds.